The number of aliphatic hydroxyl groups is 1. The van der Waals surface area contributed by atoms with Crippen LogP contribution in [-0.4, -0.2) is 52.1 Å². The molecular weight excluding hydrogens is 234 g/mol. The monoisotopic (exact) mass is 246 g/mol. The van der Waals surface area contributed by atoms with Crippen LogP contribution in [0.2, 0.25) is 0 Å². The van der Waals surface area contributed by atoms with Crippen molar-refractivity contribution in [3.63, 3.8) is 0 Å². The summed E-state index contributed by atoms with van der Waals surface area (Å²) >= 11 is 0. The highest BCUT2D eigenvalue weighted by molar-refractivity contribution is 5.92. The molecule has 0 bridgehead atoms. The number of aliphatic hydroxyl groups excluding tert-OH is 1. The van der Waals surface area contributed by atoms with Gasteiger partial charge in [0.1, 0.15) is 11.4 Å². The molecule has 1 heterocycles. The SMILES string of the molecule is O=C(c1ccc(O)cn1)N(CCO)CC(F)F. The lowest BCUT2D eigenvalue weighted by Gasteiger charge is -2.20. The normalized spacial score (nSPS) is 10.6. The molecule has 94 valence electrons. The van der Waals surface area contributed by atoms with E-state index in [-0.39, 0.29) is 18.0 Å². The number of aromatic nitrogens is 1. The van der Waals surface area contributed by atoms with Gasteiger partial charge in [0.15, 0.2) is 0 Å². The van der Waals surface area contributed by atoms with Crippen molar-refractivity contribution in [3.05, 3.63) is 24.0 Å². The van der Waals surface area contributed by atoms with Gasteiger partial charge in [0, 0.05) is 6.54 Å². The lowest BCUT2D eigenvalue weighted by atomic mass is 10.3. The van der Waals surface area contributed by atoms with Crippen molar-refractivity contribution in [2.24, 2.45) is 0 Å². The lowest BCUT2D eigenvalue weighted by Crippen LogP contribution is -2.37. The van der Waals surface area contributed by atoms with E-state index in [1.165, 1.54) is 12.1 Å². The molecule has 0 aliphatic carbocycles. The van der Waals surface area contributed by atoms with E-state index in [0.29, 0.717) is 0 Å². The van der Waals surface area contributed by atoms with Crippen LogP contribution in [0.3, 0.4) is 0 Å². The van der Waals surface area contributed by atoms with Gasteiger partial charge in [0.25, 0.3) is 12.3 Å². The van der Waals surface area contributed by atoms with E-state index in [1.54, 1.807) is 0 Å². The third-order valence-electron chi connectivity index (χ3n) is 1.98. The van der Waals surface area contributed by atoms with Crippen LogP contribution in [0.15, 0.2) is 18.3 Å². The molecule has 17 heavy (non-hydrogen) atoms. The number of amides is 1. The molecule has 0 saturated heterocycles. The van der Waals surface area contributed by atoms with Gasteiger partial charge in [-0.05, 0) is 12.1 Å². The van der Waals surface area contributed by atoms with Crippen LogP contribution in [0, 0.1) is 0 Å². The average Bonchev–Trinajstić information content (AvgIpc) is 2.28. The molecule has 0 atom stereocenters. The minimum atomic E-state index is -2.68. The zero-order valence-corrected chi connectivity index (χ0v) is 8.88. The fraction of sp³-hybridized carbons (Fsp3) is 0.400. The summed E-state index contributed by atoms with van der Waals surface area (Å²) in [4.78, 5) is 16.1. The summed E-state index contributed by atoms with van der Waals surface area (Å²) in [5.74, 6) is -0.830. The van der Waals surface area contributed by atoms with Gasteiger partial charge < -0.3 is 15.1 Å². The number of carbonyl (C=O) groups excluding carboxylic acids is 1. The van der Waals surface area contributed by atoms with E-state index in [4.69, 9.17) is 10.2 Å². The zero-order chi connectivity index (χ0) is 12.8. The molecule has 0 aromatic carbocycles. The van der Waals surface area contributed by atoms with Crippen molar-refractivity contribution < 1.29 is 23.8 Å². The highest BCUT2D eigenvalue weighted by Gasteiger charge is 2.20. The minimum absolute atomic E-state index is 0.0584. The molecule has 7 heteroatoms. The fourth-order valence-electron chi connectivity index (χ4n) is 1.24. The maximum Gasteiger partial charge on any atom is 0.272 e. The van der Waals surface area contributed by atoms with Crippen LogP contribution in [-0.2, 0) is 0 Å². The van der Waals surface area contributed by atoms with Gasteiger partial charge in [0.2, 0.25) is 0 Å². The number of hydrogen-bond acceptors (Lipinski definition) is 4. The summed E-state index contributed by atoms with van der Waals surface area (Å²) in [6.45, 7) is -1.36. The Labute approximate surface area is 96.3 Å². The third kappa shape index (κ3) is 3.95. The van der Waals surface area contributed by atoms with Crippen molar-refractivity contribution in [3.8, 4) is 5.75 Å². The Morgan fingerprint density at radius 2 is 2.18 bits per heavy atom. The van der Waals surface area contributed by atoms with Crippen molar-refractivity contribution in [2.45, 2.75) is 6.43 Å². The molecule has 0 radical (unpaired) electrons. The molecule has 1 amide bonds. The molecule has 0 spiro atoms. The predicted octanol–water partition coefficient (Wildman–Crippen LogP) is 0.487. The summed E-state index contributed by atoms with van der Waals surface area (Å²) in [6.07, 6.45) is -1.63. The van der Waals surface area contributed by atoms with Crippen molar-refractivity contribution >= 4 is 5.91 Å². The summed E-state index contributed by atoms with van der Waals surface area (Å²) < 4.78 is 24.4. The molecule has 0 saturated carbocycles. The largest absolute Gasteiger partial charge is 0.506 e. The van der Waals surface area contributed by atoms with E-state index in [2.05, 4.69) is 4.98 Å². The average molecular weight is 246 g/mol. The Balaban J connectivity index is 2.79. The molecule has 5 nitrogen and oxygen atoms in total. The molecule has 0 aliphatic heterocycles. The van der Waals surface area contributed by atoms with Crippen LogP contribution in [0.1, 0.15) is 10.5 Å². The van der Waals surface area contributed by atoms with Crippen LogP contribution in [0.4, 0.5) is 8.78 Å². The van der Waals surface area contributed by atoms with E-state index in [9.17, 15) is 13.6 Å². The molecule has 1 rings (SSSR count). The quantitative estimate of drug-likeness (QED) is 0.792. The van der Waals surface area contributed by atoms with Gasteiger partial charge in [-0.2, -0.15) is 0 Å². The number of aromatic hydroxyl groups is 1. The first-order chi connectivity index (χ1) is 8.04. The summed E-state index contributed by atoms with van der Waals surface area (Å²) in [5, 5.41) is 17.7. The Bertz CT molecular complexity index is 370. The molecule has 2 N–H and O–H groups in total. The van der Waals surface area contributed by atoms with Crippen LogP contribution < -0.4 is 0 Å². The maximum atomic E-state index is 12.2. The number of halogens is 2. The molecule has 0 unspecified atom stereocenters. The van der Waals surface area contributed by atoms with E-state index < -0.39 is 25.5 Å². The predicted molar refractivity (Wildman–Crippen MR) is 54.9 cm³/mol. The van der Waals surface area contributed by atoms with E-state index >= 15 is 0 Å². The topological polar surface area (TPSA) is 73.7 Å². The second kappa shape index (κ2) is 6.09. The zero-order valence-electron chi connectivity index (χ0n) is 8.88. The van der Waals surface area contributed by atoms with E-state index in [0.717, 1.165) is 11.1 Å². The number of nitrogens with zero attached hydrogens (tertiary/aromatic N) is 2. The Kier molecular flexibility index (Phi) is 4.77. The van der Waals surface area contributed by atoms with Gasteiger partial charge >= 0.3 is 0 Å². The Morgan fingerprint density at radius 1 is 1.47 bits per heavy atom. The highest BCUT2D eigenvalue weighted by Crippen LogP contribution is 2.09. The molecular formula is C10H12F2N2O3. The summed E-state index contributed by atoms with van der Waals surface area (Å²) in [5.41, 5.74) is -0.0584. The van der Waals surface area contributed by atoms with Gasteiger partial charge in [-0.15, -0.1) is 0 Å². The summed E-state index contributed by atoms with van der Waals surface area (Å²) in [6, 6.07) is 2.47. The second-order valence-electron chi connectivity index (χ2n) is 3.27. The van der Waals surface area contributed by atoms with Gasteiger partial charge in [0.05, 0.1) is 19.3 Å². The number of pyridine rings is 1. The lowest BCUT2D eigenvalue weighted by molar-refractivity contribution is 0.0504. The number of carbonyl (C=O) groups is 1. The van der Waals surface area contributed by atoms with Crippen molar-refractivity contribution in [2.75, 3.05) is 19.7 Å². The van der Waals surface area contributed by atoms with Gasteiger partial charge in [-0.25, -0.2) is 13.8 Å². The first kappa shape index (κ1) is 13.3. The van der Waals surface area contributed by atoms with Crippen LogP contribution >= 0.6 is 0 Å². The highest BCUT2D eigenvalue weighted by atomic mass is 19.3. The van der Waals surface area contributed by atoms with Crippen molar-refractivity contribution in [1.29, 1.82) is 0 Å². The first-order valence-electron chi connectivity index (χ1n) is 4.88. The van der Waals surface area contributed by atoms with Crippen LogP contribution in [0.25, 0.3) is 0 Å². The fourth-order valence-corrected chi connectivity index (χ4v) is 1.24. The number of hydrogen-bond donors (Lipinski definition) is 2. The third-order valence-corrected chi connectivity index (χ3v) is 1.98. The van der Waals surface area contributed by atoms with E-state index in [1.807, 2.05) is 0 Å². The standard InChI is InChI=1S/C10H12F2N2O3/c11-9(12)6-14(3-4-15)10(17)8-2-1-7(16)5-13-8/h1-2,5,9,15-16H,3-4,6H2. The van der Waals surface area contributed by atoms with Crippen molar-refractivity contribution in [1.82, 2.24) is 9.88 Å². The first-order valence-corrected chi connectivity index (χ1v) is 4.88. The second-order valence-corrected chi connectivity index (χ2v) is 3.27. The molecule has 0 aliphatic rings. The van der Waals surface area contributed by atoms with Gasteiger partial charge in [-0.3, -0.25) is 4.79 Å². The molecule has 1 aromatic rings. The Hall–Kier alpha value is -1.76. The summed E-state index contributed by atoms with van der Waals surface area (Å²) in [7, 11) is 0. The number of alkyl halides is 2. The van der Waals surface area contributed by atoms with Gasteiger partial charge in [-0.1, -0.05) is 0 Å². The number of rotatable bonds is 5. The Morgan fingerprint density at radius 3 is 2.65 bits per heavy atom. The minimum Gasteiger partial charge on any atom is -0.506 e. The molecule has 1 aromatic heterocycles. The smallest absolute Gasteiger partial charge is 0.272 e. The van der Waals surface area contributed by atoms with Crippen LogP contribution in [0.5, 0.6) is 5.75 Å². The maximum absolute atomic E-state index is 12.2. The molecule has 0 fully saturated rings.